The summed E-state index contributed by atoms with van der Waals surface area (Å²) >= 11 is 5.88. The molecule has 0 aliphatic carbocycles. The lowest BCUT2D eigenvalue weighted by atomic mass is 10.1. The number of methoxy groups -OCH3 is 2. The van der Waals surface area contributed by atoms with Crippen LogP contribution in [0.25, 0.3) is 6.08 Å². The fraction of sp³-hybridized carbons (Fsp3) is 0.182. The van der Waals surface area contributed by atoms with Gasteiger partial charge in [0.2, 0.25) is 0 Å². The second kappa shape index (κ2) is 5.41. The highest BCUT2D eigenvalue weighted by Gasteiger charge is 2.09. The van der Waals surface area contributed by atoms with Crippen LogP contribution in [0.1, 0.15) is 5.56 Å². The Kier molecular flexibility index (Phi) is 4.18. The minimum Gasteiger partial charge on any atom is -0.493 e. The molecule has 1 aromatic rings. The summed E-state index contributed by atoms with van der Waals surface area (Å²) in [7, 11) is 3.06. The van der Waals surface area contributed by atoms with E-state index in [1.165, 1.54) is 20.3 Å². The standard InChI is InChI=1S/C11H11ClO3/c1-14-10-7-9(12)6-8(4-3-5-13)11(10)15-2/h3-7H,1-2H3/b4-3+. The molecule has 4 heteroatoms. The van der Waals surface area contributed by atoms with Crippen molar-refractivity contribution in [3.63, 3.8) is 0 Å². The SMILES string of the molecule is COc1cc(Cl)cc(/C=C/C=O)c1OC. The van der Waals surface area contributed by atoms with Gasteiger partial charge in [0.05, 0.1) is 14.2 Å². The first-order valence-corrected chi connectivity index (χ1v) is 4.64. The zero-order valence-corrected chi connectivity index (χ0v) is 9.25. The number of ether oxygens (including phenoxy) is 2. The van der Waals surface area contributed by atoms with E-state index < -0.39 is 0 Å². The summed E-state index contributed by atoms with van der Waals surface area (Å²) in [6.07, 6.45) is 3.67. The summed E-state index contributed by atoms with van der Waals surface area (Å²) in [4.78, 5) is 10.2. The number of carbonyl (C=O) groups is 1. The summed E-state index contributed by atoms with van der Waals surface area (Å²) in [5, 5.41) is 0.526. The van der Waals surface area contributed by atoms with Crippen molar-refractivity contribution in [1.82, 2.24) is 0 Å². The van der Waals surface area contributed by atoms with Crippen LogP contribution in [0, 0.1) is 0 Å². The second-order valence-corrected chi connectivity index (χ2v) is 3.16. The number of allylic oxidation sites excluding steroid dienone is 1. The molecule has 0 spiro atoms. The Morgan fingerprint density at radius 3 is 2.53 bits per heavy atom. The monoisotopic (exact) mass is 226 g/mol. The molecule has 3 nitrogen and oxygen atoms in total. The largest absolute Gasteiger partial charge is 0.493 e. The first kappa shape index (κ1) is 11.6. The molecule has 0 radical (unpaired) electrons. The van der Waals surface area contributed by atoms with E-state index in [0.717, 1.165) is 0 Å². The van der Waals surface area contributed by atoms with Gasteiger partial charge in [-0.15, -0.1) is 0 Å². The summed E-state index contributed by atoms with van der Waals surface area (Å²) in [5.41, 5.74) is 0.703. The molecule has 0 saturated heterocycles. The van der Waals surface area contributed by atoms with Crippen LogP contribution in [0.5, 0.6) is 11.5 Å². The smallest absolute Gasteiger partial charge is 0.168 e. The summed E-state index contributed by atoms with van der Waals surface area (Å²) in [6.45, 7) is 0. The third kappa shape index (κ3) is 2.73. The highest BCUT2D eigenvalue weighted by Crippen LogP contribution is 2.35. The van der Waals surface area contributed by atoms with Crippen LogP contribution in [0.15, 0.2) is 18.2 Å². The number of hydrogen-bond acceptors (Lipinski definition) is 3. The maximum Gasteiger partial charge on any atom is 0.168 e. The van der Waals surface area contributed by atoms with Crippen LogP contribution in [-0.4, -0.2) is 20.5 Å². The van der Waals surface area contributed by atoms with E-state index in [4.69, 9.17) is 21.1 Å². The van der Waals surface area contributed by atoms with Crippen molar-refractivity contribution in [2.45, 2.75) is 0 Å². The zero-order valence-electron chi connectivity index (χ0n) is 8.49. The molecule has 0 fully saturated rings. The maximum absolute atomic E-state index is 10.2. The molecule has 0 atom stereocenters. The lowest BCUT2D eigenvalue weighted by molar-refractivity contribution is -0.104. The van der Waals surface area contributed by atoms with Gasteiger partial charge in [-0.2, -0.15) is 0 Å². The van der Waals surface area contributed by atoms with Crippen molar-refractivity contribution in [2.24, 2.45) is 0 Å². The van der Waals surface area contributed by atoms with Gasteiger partial charge in [-0.3, -0.25) is 4.79 Å². The number of aldehydes is 1. The van der Waals surface area contributed by atoms with E-state index in [-0.39, 0.29) is 0 Å². The van der Waals surface area contributed by atoms with Gasteiger partial charge in [0.15, 0.2) is 11.5 Å². The second-order valence-electron chi connectivity index (χ2n) is 2.73. The third-order valence-corrected chi connectivity index (χ3v) is 2.04. The molecule has 0 heterocycles. The minimum atomic E-state index is 0.526. The molecule has 80 valence electrons. The van der Waals surface area contributed by atoms with Gasteiger partial charge in [0.25, 0.3) is 0 Å². The molecule has 0 aliphatic heterocycles. The van der Waals surface area contributed by atoms with Crippen molar-refractivity contribution in [2.75, 3.05) is 14.2 Å². The predicted octanol–water partition coefficient (Wildman–Crippen LogP) is 2.57. The maximum atomic E-state index is 10.2. The molecule has 0 N–H and O–H groups in total. The van der Waals surface area contributed by atoms with Crippen LogP contribution in [0.3, 0.4) is 0 Å². The van der Waals surface area contributed by atoms with E-state index in [1.807, 2.05) is 0 Å². The Balaban J connectivity index is 3.27. The minimum absolute atomic E-state index is 0.526. The van der Waals surface area contributed by atoms with E-state index in [0.29, 0.717) is 28.4 Å². The van der Waals surface area contributed by atoms with Gasteiger partial charge in [-0.05, 0) is 18.2 Å². The van der Waals surface area contributed by atoms with Gasteiger partial charge in [0, 0.05) is 16.7 Å². The molecular formula is C11H11ClO3. The molecule has 0 aliphatic rings. The number of carbonyl (C=O) groups excluding carboxylic acids is 1. The number of benzene rings is 1. The third-order valence-electron chi connectivity index (χ3n) is 1.83. The Bertz CT molecular complexity index is 386. The quantitative estimate of drug-likeness (QED) is 0.585. The average Bonchev–Trinajstić information content (AvgIpc) is 2.25. The van der Waals surface area contributed by atoms with Gasteiger partial charge in [0.1, 0.15) is 6.29 Å². The first-order chi connectivity index (χ1) is 7.22. The van der Waals surface area contributed by atoms with E-state index in [9.17, 15) is 4.79 Å². The van der Waals surface area contributed by atoms with Crippen molar-refractivity contribution < 1.29 is 14.3 Å². The average molecular weight is 227 g/mol. The highest BCUT2D eigenvalue weighted by atomic mass is 35.5. The van der Waals surface area contributed by atoms with Gasteiger partial charge >= 0.3 is 0 Å². The van der Waals surface area contributed by atoms with Crippen LogP contribution in [-0.2, 0) is 4.79 Å². The van der Waals surface area contributed by atoms with Crippen LogP contribution in [0.2, 0.25) is 5.02 Å². The fourth-order valence-electron chi connectivity index (χ4n) is 1.23. The van der Waals surface area contributed by atoms with E-state index in [2.05, 4.69) is 0 Å². The molecule has 0 unspecified atom stereocenters. The van der Waals surface area contributed by atoms with Gasteiger partial charge < -0.3 is 9.47 Å². The fourth-order valence-corrected chi connectivity index (χ4v) is 1.44. The molecule has 1 aromatic carbocycles. The lowest BCUT2D eigenvalue weighted by Gasteiger charge is -2.10. The Morgan fingerprint density at radius 1 is 1.27 bits per heavy atom. The molecule has 0 bridgehead atoms. The zero-order chi connectivity index (χ0) is 11.3. The van der Waals surface area contributed by atoms with Crippen molar-refractivity contribution in [3.05, 3.63) is 28.8 Å². The molecule has 0 amide bonds. The molecule has 0 aromatic heterocycles. The van der Waals surface area contributed by atoms with Crippen LogP contribution in [0.4, 0.5) is 0 Å². The van der Waals surface area contributed by atoms with Crippen molar-refractivity contribution in [1.29, 1.82) is 0 Å². The van der Waals surface area contributed by atoms with Gasteiger partial charge in [-0.1, -0.05) is 11.6 Å². The topological polar surface area (TPSA) is 35.5 Å². The summed E-state index contributed by atoms with van der Waals surface area (Å²) in [6, 6.07) is 3.35. The predicted molar refractivity (Wildman–Crippen MR) is 59.7 cm³/mol. The summed E-state index contributed by atoms with van der Waals surface area (Å²) in [5.74, 6) is 1.09. The van der Waals surface area contributed by atoms with E-state index >= 15 is 0 Å². The first-order valence-electron chi connectivity index (χ1n) is 4.26. The van der Waals surface area contributed by atoms with Crippen molar-refractivity contribution in [3.8, 4) is 11.5 Å². The van der Waals surface area contributed by atoms with Crippen molar-refractivity contribution >= 4 is 24.0 Å². The number of rotatable bonds is 4. The molecular weight excluding hydrogens is 216 g/mol. The Hall–Kier alpha value is -1.48. The molecule has 1 rings (SSSR count). The molecule has 0 saturated carbocycles. The molecule has 15 heavy (non-hydrogen) atoms. The lowest BCUT2D eigenvalue weighted by Crippen LogP contribution is -1.93. The Labute approximate surface area is 93.3 Å². The summed E-state index contributed by atoms with van der Waals surface area (Å²) < 4.78 is 10.3. The highest BCUT2D eigenvalue weighted by molar-refractivity contribution is 6.31. The van der Waals surface area contributed by atoms with Crippen LogP contribution >= 0.6 is 11.6 Å². The van der Waals surface area contributed by atoms with Gasteiger partial charge in [-0.25, -0.2) is 0 Å². The van der Waals surface area contributed by atoms with E-state index in [1.54, 1.807) is 18.2 Å². The number of hydrogen-bond donors (Lipinski definition) is 0. The normalized spacial score (nSPS) is 10.3. The van der Waals surface area contributed by atoms with Crippen LogP contribution < -0.4 is 9.47 Å². The number of halogens is 1. The Morgan fingerprint density at radius 2 is 2.00 bits per heavy atom.